The number of nitrogens with zero attached hydrogens (tertiary/aromatic N) is 3. The molecule has 1 aliphatic carbocycles. The molecule has 1 amide bonds. The number of amides is 1. The van der Waals surface area contributed by atoms with Crippen molar-refractivity contribution in [1.29, 1.82) is 0 Å². The summed E-state index contributed by atoms with van der Waals surface area (Å²) in [6, 6.07) is 5.18. The van der Waals surface area contributed by atoms with Gasteiger partial charge < -0.3 is 14.7 Å². The van der Waals surface area contributed by atoms with E-state index in [0.29, 0.717) is 18.0 Å². The average molecular weight is 421 g/mol. The first-order valence-corrected chi connectivity index (χ1v) is 12.3. The van der Waals surface area contributed by atoms with Gasteiger partial charge in [-0.05, 0) is 63.0 Å². The van der Waals surface area contributed by atoms with Gasteiger partial charge in [0.15, 0.2) is 0 Å². The number of anilines is 1. The first kappa shape index (κ1) is 20.8. The van der Waals surface area contributed by atoms with Gasteiger partial charge in [-0.15, -0.1) is 0 Å². The summed E-state index contributed by atoms with van der Waals surface area (Å²) in [5, 5.41) is 0. The van der Waals surface area contributed by atoms with E-state index in [1.807, 2.05) is 4.90 Å². The Hall–Kier alpha value is -1.48. The highest BCUT2D eigenvalue weighted by Gasteiger charge is 2.33. The Labute approximate surface area is 174 Å². The van der Waals surface area contributed by atoms with Crippen LogP contribution in [0.4, 0.5) is 5.69 Å². The van der Waals surface area contributed by atoms with Crippen molar-refractivity contribution in [2.75, 3.05) is 57.8 Å². The molecule has 1 N–H and O–H groups in total. The number of carbonyl (C=O) groups excluding carboxylic acids is 1. The Balaban J connectivity index is 1.31. The maximum Gasteiger partial charge on any atom is 0.240 e. The maximum atomic E-state index is 12.7. The van der Waals surface area contributed by atoms with Crippen LogP contribution in [0.3, 0.4) is 0 Å². The summed E-state index contributed by atoms with van der Waals surface area (Å²) >= 11 is 0. The predicted octanol–water partition coefficient (Wildman–Crippen LogP) is 1.29. The van der Waals surface area contributed by atoms with Crippen LogP contribution >= 0.6 is 0 Å². The minimum Gasteiger partial charge on any atom is -0.312 e. The summed E-state index contributed by atoms with van der Waals surface area (Å²) < 4.78 is 28.1. The van der Waals surface area contributed by atoms with E-state index < -0.39 is 10.0 Å². The number of sulfonamides is 1. The van der Waals surface area contributed by atoms with Crippen molar-refractivity contribution in [3.8, 4) is 0 Å². The first-order valence-electron chi connectivity index (χ1n) is 10.8. The largest absolute Gasteiger partial charge is 0.312 e. The fourth-order valence-corrected chi connectivity index (χ4v) is 5.44. The molecule has 0 atom stereocenters. The van der Waals surface area contributed by atoms with Gasteiger partial charge >= 0.3 is 0 Å². The fraction of sp³-hybridized carbons (Fsp3) is 0.667. The number of likely N-dealkylation sites (N-methyl/N-ethyl adjacent to an activating group) is 1. The van der Waals surface area contributed by atoms with Gasteiger partial charge in [-0.1, -0.05) is 6.42 Å². The number of nitrogens with one attached hydrogen (secondary N) is 1. The minimum atomic E-state index is -3.52. The maximum absolute atomic E-state index is 12.7. The molecule has 2 heterocycles. The number of carbonyl (C=O) groups is 1. The monoisotopic (exact) mass is 420 g/mol. The lowest BCUT2D eigenvalue weighted by Gasteiger charge is -2.32. The van der Waals surface area contributed by atoms with E-state index in [1.165, 1.54) is 0 Å². The second kappa shape index (κ2) is 8.71. The van der Waals surface area contributed by atoms with Crippen LogP contribution in [0.5, 0.6) is 0 Å². The topological polar surface area (TPSA) is 73.0 Å². The smallest absolute Gasteiger partial charge is 0.240 e. The predicted molar refractivity (Wildman–Crippen MR) is 114 cm³/mol. The molecule has 3 aliphatic rings. The summed E-state index contributed by atoms with van der Waals surface area (Å²) in [5.41, 5.74) is 1.84. The van der Waals surface area contributed by atoms with E-state index in [1.54, 1.807) is 18.2 Å². The number of hydrogen-bond donors (Lipinski definition) is 1. The standard InChI is InChI=1S/C21H32N4O3S/c1-23-12-14-24(15-13-23)10-3-9-22-29(27,28)19-6-7-20-18(16-19)8-11-25(20)21(26)17-4-2-5-17/h6-7,16-17,22H,2-5,8-15H2,1H3. The molecule has 160 valence electrons. The van der Waals surface area contributed by atoms with Crippen LogP contribution in [-0.2, 0) is 21.2 Å². The summed E-state index contributed by atoms with van der Waals surface area (Å²) in [6.45, 7) is 6.25. The van der Waals surface area contributed by atoms with Crippen LogP contribution < -0.4 is 9.62 Å². The Morgan fingerprint density at radius 2 is 1.90 bits per heavy atom. The molecular formula is C21H32N4O3S. The molecule has 4 rings (SSSR count). The molecule has 1 saturated heterocycles. The van der Waals surface area contributed by atoms with Crippen molar-refractivity contribution >= 4 is 21.6 Å². The van der Waals surface area contributed by atoms with Gasteiger partial charge in [0.25, 0.3) is 0 Å². The highest BCUT2D eigenvalue weighted by atomic mass is 32.2. The first-order chi connectivity index (χ1) is 13.9. The van der Waals surface area contributed by atoms with E-state index in [9.17, 15) is 13.2 Å². The van der Waals surface area contributed by atoms with E-state index in [-0.39, 0.29) is 11.8 Å². The molecule has 0 aromatic heterocycles. The van der Waals surface area contributed by atoms with Crippen molar-refractivity contribution in [3.63, 3.8) is 0 Å². The third-order valence-electron chi connectivity index (χ3n) is 6.52. The zero-order valence-electron chi connectivity index (χ0n) is 17.3. The molecule has 2 aliphatic heterocycles. The average Bonchev–Trinajstić information content (AvgIpc) is 3.08. The van der Waals surface area contributed by atoms with Gasteiger partial charge in [0.05, 0.1) is 4.90 Å². The highest BCUT2D eigenvalue weighted by Crippen LogP contribution is 2.35. The van der Waals surface area contributed by atoms with Gasteiger partial charge in [0, 0.05) is 50.9 Å². The Morgan fingerprint density at radius 1 is 1.14 bits per heavy atom. The fourth-order valence-electron chi connectivity index (χ4n) is 4.31. The molecule has 7 nitrogen and oxygen atoms in total. The molecule has 0 radical (unpaired) electrons. The van der Waals surface area contributed by atoms with Crippen molar-refractivity contribution in [2.24, 2.45) is 5.92 Å². The molecule has 0 unspecified atom stereocenters. The van der Waals surface area contributed by atoms with Gasteiger partial charge in [-0.3, -0.25) is 4.79 Å². The number of piperazine rings is 1. The van der Waals surface area contributed by atoms with Crippen molar-refractivity contribution < 1.29 is 13.2 Å². The van der Waals surface area contributed by atoms with E-state index in [2.05, 4.69) is 21.6 Å². The molecule has 1 aromatic carbocycles. The SMILES string of the molecule is CN1CCN(CCCNS(=O)(=O)c2ccc3c(c2)CCN3C(=O)C2CCC2)CC1. The normalized spacial score (nSPS) is 21.2. The Bertz CT molecular complexity index is 845. The molecule has 0 bridgehead atoms. The summed E-state index contributed by atoms with van der Waals surface area (Å²) in [7, 11) is -1.39. The summed E-state index contributed by atoms with van der Waals surface area (Å²) in [5.74, 6) is 0.360. The molecule has 8 heteroatoms. The van der Waals surface area contributed by atoms with Crippen molar-refractivity contribution in [1.82, 2.24) is 14.5 Å². The molecule has 2 fully saturated rings. The zero-order valence-corrected chi connectivity index (χ0v) is 18.1. The van der Waals surface area contributed by atoms with Crippen LogP contribution in [-0.4, -0.2) is 77.0 Å². The van der Waals surface area contributed by atoms with Crippen LogP contribution in [0.25, 0.3) is 0 Å². The lowest BCUT2D eigenvalue weighted by Crippen LogP contribution is -2.45. The molecule has 29 heavy (non-hydrogen) atoms. The highest BCUT2D eigenvalue weighted by molar-refractivity contribution is 7.89. The molecular weight excluding hydrogens is 388 g/mol. The zero-order chi connectivity index (χ0) is 20.4. The van der Waals surface area contributed by atoms with E-state index in [0.717, 1.165) is 76.1 Å². The van der Waals surface area contributed by atoms with Gasteiger partial charge in [0.1, 0.15) is 0 Å². The van der Waals surface area contributed by atoms with Crippen LogP contribution in [0, 0.1) is 5.92 Å². The number of rotatable bonds is 7. The van der Waals surface area contributed by atoms with E-state index >= 15 is 0 Å². The summed E-state index contributed by atoms with van der Waals surface area (Å²) in [4.78, 5) is 19.4. The van der Waals surface area contributed by atoms with Gasteiger partial charge in [-0.2, -0.15) is 0 Å². The lowest BCUT2D eigenvalue weighted by atomic mass is 9.84. The number of fused-ring (bicyclic) bond motifs is 1. The number of benzene rings is 1. The minimum absolute atomic E-state index is 0.159. The quantitative estimate of drug-likeness (QED) is 0.673. The van der Waals surface area contributed by atoms with E-state index in [4.69, 9.17) is 0 Å². The third kappa shape index (κ3) is 4.66. The molecule has 1 saturated carbocycles. The summed E-state index contributed by atoms with van der Waals surface area (Å²) in [6.07, 6.45) is 4.62. The molecule has 1 aromatic rings. The van der Waals surface area contributed by atoms with Crippen molar-refractivity contribution in [2.45, 2.75) is 37.0 Å². The van der Waals surface area contributed by atoms with Crippen LogP contribution in [0.1, 0.15) is 31.2 Å². The Morgan fingerprint density at radius 3 is 2.59 bits per heavy atom. The number of hydrogen-bond acceptors (Lipinski definition) is 5. The second-order valence-electron chi connectivity index (χ2n) is 8.55. The third-order valence-corrected chi connectivity index (χ3v) is 7.98. The lowest BCUT2D eigenvalue weighted by molar-refractivity contribution is -0.124. The van der Waals surface area contributed by atoms with Gasteiger partial charge in [0.2, 0.25) is 15.9 Å². The second-order valence-corrected chi connectivity index (χ2v) is 10.3. The molecule has 0 spiro atoms. The Kier molecular flexibility index (Phi) is 6.24. The van der Waals surface area contributed by atoms with Crippen molar-refractivity contribution in [3.05, 3.63) is 23.8 Å². The van der Waals surface area contributed by atoms with Gasteiger partial charge in [-0.25, -0.2) is 13.1 Å². The van der Waals surface area contributed by atoms with Crippen LogP contribution in [0.2, 0.25) is 0 Å². The van der Waals surface area contributed by atoms with Crippen LogP contribution in [0.15, 0.2) is 23.1 Å².